The first-order valence-electron chi connectivity index (χ1n) is 8.14. The van der Waals surface area contributed by atoms with Crippen molar-refractivity contribution in [1.82, 2.24) is 10.2 Å². The molecule has 0 fully saturated rings. The highest BCUT2D eigenvalue weighted by Crippen LogP contribution is 2.22. The van der Waals surface area contributed by atoms with Crippen molar-refractivity contribution < 1.29 is 9.59 Å². The topological polar surface area (TPSA) is 49.4 Å². The van der Waals surface area contributed by atoms with Gasteiger partial charge in [-0.05, 0) is 37.1 Å². The second-order valence-corrected chi connectivity index (χ2v) is 8.26. The van der Waals surface area contributed by atoms with Crippen LogP contribution < -0.4 is 5.32 Å². The van der Waals surface area contributed by atoms with Gasteiger partial charge in [-0.2, -0.15) is 0 Å². The summed E-state index contributed by atoms with van der Waals surface area (Å²) < 4.78 is 0.698. The number of nitrogens with one attached hydrogen (secondary N) is 1. The number of hydrogen-bond acceptors (Lipinski definition) is 3. The minimum atomic E-state index is -0.575. The third-order valence-corrected chi connectivity index (χ3v) is 5.15. The van der Waals surface area contributed by atoms with Gasteiger partial charge in [-0.25, -0.2) is 0 Å². The summed E-state index contributed by atoms with van der Waals surface area (Å²) in [4.78, 5) is 27.9. The molecule has 2 aromatic rings. The third kappa shape index (κ3) is 5.31. The number of likely N-dealkylation sites (N-methyl/N-ethyl adjacent to an activating group) is 1. The van der Waals surface area contributed by atoms with Gasteiger partial charge < -0.3 is 10.2 Å². The van der Waals surface area contributed by atoms with Crippen LogP contribution in [0.1, 0.15) is 34.6 Å². The monoisotopic (exact) mass is 378 g/mol. The molecule has 1 unspecified atom stereocenters. The smallest absolute Gasteiger partial charge is 0.251 e. The van der Waals surface area contributed by atoms with Crippen LogP contribution >= 0.6 is 22.9 Å². The van der Waals surface area contributed by atoms with Crippen LogP contribution in [0.4, 0.5) is 0 Å². The molecule has 2 rings (SSSR count). The first-order valence-corrected chi connectivity index (χ1v) is 9.34. The second-order valence-electron chi connectivity index (χ2n) is 6.46. The van der Waals surface area contributed by atoms with Gasteiger partial charge in [-0.1, -0.05) is 43.1 Å². The molecule has 1 heterocycles. The Bertz CT molecular complexity index is 740. The molecule has 1 aromatic carbocycles. The van der Waals surface area contributed by atoms with Crippen LogP contribution in [0.25, 0.3) is 0 Å². The van der Waals surface area contributed by atoms with Crippen molar-refractivity contribution in [2.45, 2.75) is 33.4 Å². The van der Waals surface area contributed by atoms with Crippen LogP contribution in [-0.2, 0) is 11.3 Å². The Morgan fingerprint density at radius 3 is 2.32 bits per heavy atom. The van der Waals surface area contributed by atoms with Gasteiger partial charge >= 0.3 is 0 Å². The van der Waals surface area contributed by atoms with Crippen LogP contribution in [0.2, 0.25) is 4.34 Å². The Labute approximate surface area is 157 Å². The van der Waals surface area contributed by atoms with Gasteiger partial charge in [0.15, 0.2) is 0 Å². The van der Waals surface area contributed by atoms with E-state index in [1.807, 2.05) is 45.0 Å². The van der Waals surface area contributed by atoms with Crippen molar-refractivity contribution in [2.75, 3.05) is 7.05 Å². The number of benzene rings is 1. The van der Waals surface area contributed by atoms with E-state index in [2.05, 4.69) is 5.32 Å². The van der Waals surface area contributed by atoms with Crippen LogP contribution in [0.3, 0.4) is 0 Å². The molecular formula is C19H23ClN2O2S. The van der Waals surface area contributed by atoms with Crippen molar-refractivity contribution in [2.24, 2.45) is 5.92 Å². The maximum absolute atomic E-state index is 12.8. The van der Waals surface area contributed by atoms with E-state index >= 15 is 0 Å². The molecule has 1 N–H and O–H groups in total. The molecule has 0 aliphatic heterocycles. The molecule has 2 amide bonds. The van der Waals surface area contributed by atoms with E-state index in [9.17, 15) is 9.59 Å². The van der Waals surface area contributed by atoms with Gasteiger partial charge in [0.25, 0.3) is 5.91 Å². The quantitative estimate of drug-likeness (QED) is 0.821. The zero-order valence-corrected chi connectivity index (χ0v) is 16.4. The van der Waals surface area contributed by atoms with E-state index in [0.29, 0.717) is 16.4 Å². The lowest BCUT2D eigenvalue weighted by atomic mass is 10.0. The molecule has 1 atom stereocenters. The molecule has 0 spiro atoms. The predicted octanol–water partition coefficient (Wildman–Crippen LogP) is 4.12. The summed E-state index contributed by atoms with van der Waals surface area (Å²) in [6.07, 6.45) is 0. The van der Waals surface area contributed by atoms with Crippen LogP contribution in [0.15, 0.2) is 36.4 Å². The zero-order chi connectivity index (χ0) is 18.6. The summed E-state index contributed by atoms with van der Waals surface area (Å²) >= 11 is 7.39. The predicted molar refractivity (Wildman–Crippen MR) is 103 cm³/mol. The maximum atomic E-state index is 12.8. The van der Waals surface area contributed by atoms with E-state index in [1.165, 1.54) is 11.3 Å². The fraction of sp³-hybridized carbons (Fsp3) is 0.368. The van der Waals surface area contributed by atoms with Gasteiger partial charge in [0.05, 0.1) is 10.9 Å². The third-order valence-electron chi connectivity index (χ3n) is 3.93. The standard InChI is InChI=1S/C19H23ClN2O2S/c1-12(2)17(21-18(23)14-7-5-13(3)6-8-14)19(24)22(4)11-15-9-10-16(20)25-15/h5-10,12,17H,11H2,1-4H3,(H,21,23). The summed E-state index contributed by atoms with van der Waals surface area (Å²) in [6, 6.07) is 10.5. The Morgan fingerprint density at radius 1 is 1.16 bits per heavy atom. The second kappa shape index (κ2) is 8.50. The Kier molecular flexibility index (Phi) is 6.62. The first kappa shape index (κ1) is 19.5. The van der Waals surface area contributed by atoms with E-state index in [0.717, 1.165) is 10.4 Å². The number of amides is 2. The molecule has 25 heavy (non-hydrogen) atoms. The average Bonchev–Trinajstić information content (AvgIpc) is 2.97. The van der Waals surface area contributed by atoms with Gasteiger partial charge in [0.2, 0.25) is 5.91 Å². The number of thiophene rings is 1. The van der Waals surface area contributed by atoms with Crippen molar-refractivity contribution >= 4 is 34.8 Å². The maximum Gasteiger partial charge on any atom is 0.251 e. The van der Waals surface area contributed by atoms with E-state index in [-0.39, 0.29) is 17.7 Å². The number of aryl methyl sites for hydroxylation is 1. The minimum Gasteiger partial charge on any atom is -0.340 e. The molecule has 0 saturated heterocycles. The lowest BCUT2D eigenvalue weighted by Gasteiger charge is -2.27. The number of carbonyl (C=O) groups excluding carboxylic acids is 2. The molecule has 1 aromatic heterocycles. The Hall–Kier alpha value is -1.85. The van der Waals surface area contributed by atoms with Gasteiger partial charge in [-0.15, -0.1) is 11.3 Å². The van der Waals surface area contributed by atoms with Crippen LogP contribution in [0.5, 0.6) is 0 Å². The summed E-state index contributed by atoms with van der Waals surface area (Å²) in [5.74, 6) is -0.365. The van der Waals surface area contributed by atoms with Crippen molar-refractivity contribution in [3.8, 4) is 0 Å². The minimum absolute atomic E-state index is 0.0173. The highest BCUT2D eigenvalue weighted by molar-refractivity contribution is 7.16. The molecule has 4 nitrogen and oxygen atoms in total. The number of hydrogen-bond donors (Lipinski definition) is 1. The van der Waals surface area contributed by atoms with Gasteiger partial charge in [0, 0.05) is 17.5 Å². The fourth-order valence-electron chi connectivity index (χ4n) is 2.43. The molecule has 0 saturated carbocycles. The summed E-state index contributed by atoms with van der Waals surface area (Å²) in [5, 5.41) is 2.87. The lowest BCUT2D eigenvalue weighted by Crippen LogP contribution is -2.49. The number of halogens is 1. The first-order chi connectivity index (χ1) is 11.8. The summed E-state index contributed by atoms with van der Waals surface area (Å²) in [6.45, 7) is 6.29. The van der Waals surface area contributed by atoms with E-state index < -0.39 is 6.04 Å². The molecular weight excluding hydrogens is 356 g/mol. The fourth-order valence-corrected chi connectivity index (χ4v) is 3.57. The lowest BCUT2D eigenvalue weighted by molar-refractivity contribution is -0.133. The number of nitrogens with zero attached hydrogens (tertiary/aromatic N) is 1. The van der Waals surface area contributed by atoms with Crippen LogP contribution in [0, 0.1) is 12.8 Å². The van der Waals surface area contributed by atoms with E-state index in [1.54, 1.807) is 24.1 Å². The molecule has 134 valence electrons. The zero-order valence-electron chi connectivity index (χ0n) is 14.9. The molecule has 0 aliphatic carbocycles. The number of rotatable bonds is 6. The summed E-state index contributed by atoms with van der Waals surface area (Å²) in [7, 11) is 1.74. The van der Waals surface area contributed by atoms with Crippen molar-refractivity contribution in [3.63, 3.8) is 0 Å². The molecule has 0 radical (unpaired) electrons. The SMILES string of the molecule is Cc1ccc(C(=O)NC(C(=O)N(C)Cc2ccc(Cl)s2)C(C)C)cc1. The molecule has 0 aliphatic rings. The highest BCUT2D eigenvalue weighted by Gasteiger charge is 2.27. The largest absolute Gasteiger partial charge is 0.340 e. The van der Waals surface area contributed by atoms with Gasteiger partial charge in [0.1, 0.15) is 6.04 Å². The summed E-state index contributed by atoms with van der Waals surface area (Å²) in [5.41, 5.74) is 1.64. The number of carbonyl (C=O) groups is 2. The van der Waals surface area contributed by atoms with Gasteiger partial charge in [-0.3, -0.25) is 9.59 Å². The van der Waals surface area contributed by atoms with Crippen LogP contribution in [-0.4, -0.2) is 29.8 Å². The Balaban J connectivity index is 2.06. The highest BCUT2D eigenvalue weighted by atomic mass is 35.5. The van der Waals surface area contributed by atoms with E-state index in [4.69, 9.17) is 11.6 Å². The normalized spacial score (nSPS) is 12.1. The average molecular weight is 379 g/mol. The molecule has 0 bridgehead atoms. The van der Waals surface area contributed by atoms with Crippen molar-refractivity contribution in [1.29, 1.82) is 0 Å². The van der Waals surface area contributed by atoms with Crippen molar-refractivity contribution in [3.05, 3.63) is 56.7 Å². The molecule has 6 heteroatoms. The Morgan fingerprint density at radius 2 is 1.80 bits per heavy atom.